The zero-order valence-electron chi connectivity index (χ0n) is 12.3. The molecule has 3 heteroatoms. The molecule has 0 saturated heterocycles. The average molecular weight is 302 g/mol. The van der Waals surface area contributed by atoms with Crippen LogP contribution in [-0.2, 0) is 12.3 Å². The Kier molecular flexibility index (Phi) is 5.82. The first kappa shape index (κ1) is 15.6. The van der Waals surface area contributed by atoms with Crippen LogP contribution in [0.3, 0.4) is 0 Å². The number of rotatable bonds is 6. The first-order valence-corrected chi connectivity index (χ1v) is 7.68. The van der Waals surface area contributed by atoms with Crippen molar-refractivity contribution in [1.82, 2.24) is 4.90 Å². The largest absolute Gasteiger partial charge is 0.342 e. The van der Waals surface area contributed by atoms with E-state index in [-0.39, 0.29) is 5.91 Å². The lowest BCUT2D eigenvalue weighted by atomic mass is 10.1. The number of hydrogen-bond acceptors (Lipinski definition) is 1. The van der Waals surface area contributed by atoms with Crippen LogP contribution in [0, 0.1) is 0 Å². The van der Waals surface area contributed by atoms with E-state index in [9.17, 15) is 4.79 Å². The molecule has 0 aromatic heterocycles. The number of benzene rings is 2. The van der Waals surface area contributed by atoms with Crippen LogP contribution in [0.2, 0.25) is 0 Å². The summed E-state index contributed by atoms with van der Waals surface area (Å²) in [6.07, 6.45) is 1.95. The molecule has 0 spiro atoms. The molecule has 2 aromatic carbocycles. The fourth-order valence-corrected chi connectivity index (χ4v) is 2.44. The van der Waals surface area contributed by atoms with Crippen LogP contribution in [0.15, 0.2) is 54.6 Å². The molecule has 0 bridgehead atoms. The van der Waals surface area contributed by atoms with Crippen molar-refractivity contribution < 1.29 is 4.79 Å². The number of alkyl halides is 1. The van der Waals surface area contributed by atoms with Crippen molar-refractivity contribution in [3.05, 3.63) is 71.3 Å². The number of aryl methyl sites for hydroxylation is 1. The van der Waals surface area contributed by atoms with Gasteiger partial charge < -0.3 is 4.90 Å². The van der Waals surface area contributed by atoms with Crippen molar-refractivity contribution in [3.63, 3.8) is 0 Å². The third-order valence-electron chi connectivity index (χ3n) is 3.48. The standard InChI is InChI=1S/C18H20ClNO/c1-20(12-6-10-15-7-3-2-4-8-15)18(21)17-11-5-9-16(13-17)14-19/h2-5,7-9,11,13H,6,10,12,14H2,1H3. The Morgan fingerprint density at radius 1 is 1.05 bits per heavy atom. The highest BCUT2D eigenvalue weighted by atomic mass is 35.5. The number of hydrogen-bond donors (Lipinski definition) is 0. The molecule has 2 nitrogen and oxygen atoms in total. The molecule has 2 aromatic rings. The molecule has 0 saturated carbocycles. The minimum absolute atomic E-state index is 0.0510. The lowest BCUT2D eigenvalue weighted by Gasteiger charge is -2.17. The lowest BCUT2D eigenvalue weighted by molar-refractivity contribution is 0.0793. The second kappa shape index (κ2) is 7.84. The third-order valence-corrected chi connectivity index (χ3v) is 3.79. The van der Waals surface area contributed by atoms with Crippen LogP contribution >= 0.6 is 11.6 Å². The second-order valence-corrected chi connectivity index (χ2v) is 5.42. The quantitative estimate of drug-likeness (QED) is 0.735. The van der Waals surface area contributed by atoms with Gasteiger partial charge >= 0.3 is 0 Å². The van der Waals surface area contributed by atoms with Crippen molar-refractivity contribution in [3.8, 4) is 0 Å². The van der Waals surface area contributed by atoms with Gasteiger partial charge in [-0.1, -0.05) is 42.5 Å². The molecule has 0 aliphatic carbocycles. The molecule has 0 heterocycles. The van der Waals surface area contributed by atoms with E-state index in [0.29, 0.717) is 11.4 Å². The Bertz CT molecular complexity index is 583. The lowest BCUT2D eigenvalue weighted by Crippen LogP contribution is -2.28. The summed E-state index contributed by atoms with van der Waals surface area (Å²) in [5.41, 5.74) is 2.98. The Labute approximate surface area is 131 Å². The molecule has 0 fully saturated rings. The van der Waals surface area contributed by atoms with E-state index in [4.69, 9.17) is 11.6 Å². The van der Waals surface area contributed by atoms with E-state index in [1.165, 1.54) is 5.56 Å². The smallest absolute Gasteiger partial charge is 0.253 e. The highest BCUT2D eigenvalue weighted by molar-refractivity contribution is 6.17. The minimum atomic E-state index is 0.0510. The van der Waals surface area contributed by atoms with Gasteiger partial charge in [-0.15, -0.1) is 11.6 Å². The van der Waals surface area contributed by atoms with Gasteiger partial charge in [0.15, 0.2) is 0 Å². The van der Waals surface area contributed by atoms with Crippen molar-refractivity contribution >= 4 is 17.5 Å². The molecule has 110 valence electrons. The van der Waals surface area contributed by atoms with Crippen LogP contribution in [0.4, 0.5) is 0 Å². The molecular formula is C18H20ClNO. The molecular weight excluding hydrogens is 282 g/mol. The van der Waals surface area contributed by atoms with Gasteiger partial charge in [-0.2, -0.15) is 0 Å². The van der Waals surface area contributed by atoms with Gasteiger partial charge in [0.25, 0.3) is 5.91 Å². The number of amides is 1. The average Bonchev–Trinajstić information content (AvgIpc) is 2.55. The highest BCUT2D eigenvalue weighted by Crippen LogP contribution is 2.11. The van der Waals surface area contributed by atoms with Gasteiger partial charge in [-0.25, -0.2) is 0 Å². The molecule has 0 N–H and O–H groups in total. The van der Waals surface area contributed by atoms with Crippen molar-refractivity contribution in [2.45, 2.75) is 18.7 Å². The summed E-state index contributed by atoms with van der Waals surface area (Å²) in [5, 5.41) is 0. The van der Waals surface area contributed by atoms with Gasteiger partial charge in [-0.3, -0.25) is 4.79 Å². The fraction of sp³-hybridized carbons (Fsp3) is 0.278. The van der Waals surface area contributed by atoms with Crippen LogP contribution in [0.1, 0.15) is 27.9 Å². The third kappa shape index (κ3) is 4.61. The van der Waals surface area contributed by atoms with Crippen LogP contribution < -0.4 is 0 Å². The number of carbonyl (C=O) groups is 1. The Balaban J connectivity index is 1.87. The van der Waals surface area contributed by atoms with Gasteiger partial charge in [-0.05, 0) is 36.1 Å². The van der Waals surface area contributed by atoms with Crippen molar-refractivity contribution in [2.75, 3.05) is 13.6 Å². The Hall–Kier alpha value is -1.80. The molecule has 0 atom stereocenters. The van der Waals surface area contributed by atoms with E-state index in [1.54, 1.807) is 4.90 Å². The maximum Gasteiger partial charge on any atom is 0.253 e. The molecule has 21 heavy (non-hydrogen) atoms. The topological polar surface area (TPSA) is 20.3 Å². The summed E-state index contributed by atoms with van der Waals surface area (Å²) in [7, 11) is 1.85. The maximum absolute atomic E-state index is 12.3. The number of halogens is 1. The van der Waals surface area contributed by atoms with Crippen molar-refractivity contribution in [1.29, 1.82) is 0 Å². The molecule has 0 unspecified atom stereocenters. The van der Waals surface area contributed by atoms with E-state index in [1.807, 2.05) is 49.5 Å². The van der Waals surface area contributed by atoms with Gasteiger partial charge in [0.2, 0.25) is 0 Å². The van der Waals surface area contributed by atoms with E-state index >= 15 is 0 Å². The molecule has 0 aliphatic heterocycles. The number of nitrogens with zero attached hydrogens (tertiary/aromatic N) is 1. The van der Waals surface area contributed by atoms with E-state index in [0.717, 1.165) is 24.9 Å². The summed E-state index contributed by atoms with van der Waals surface area (Å²) < 4.78 is 0. The van der Waals surface area contributed by atoms with Gasteiger partial charge in [0.1, 0.15) is 0 Å². The zero-order chi connectivity index (χ0) is 15.1. The highest BCUT2D eigenvalue weighted by Gasteiger charge is 2.11. The molecule has 0 aliphatic rings. The van der Waals surface area contributed by atoms with Gasteiger partial charge in [0.05, 0.1) is 0 Å². The monoisotopic (exact) mass is 301 g/mol. The van der Waals surface area contributed by atoms with Crippen LogP contribution in [0.25, 0.3) is 0 Å². The summed E-state index contributed by atoms with van der Waals surface area (Å²) in [4.78, 5) is 14.1. The summed E-state index contributed by atoms with van der Waals surface area (Å²) >= 11 is 5.81. The van der Waals surface area contributed by atoms with E-state index < -0.39 is 0 Å². The van der Waals surface area contributed by atoms with Crippen LogP contribution in [0.5, 0.6) is 0 Å². The predicted octanol–water partition coefficient (Wildman–Crippen LogP) is 4.13. The van der Waals surface area contributed by atoms with Crippen LogP contribution in [-0.4, -0.2) is 24.4 Å². The maximum atomic E-state index is 12.3. The van der Waals surface area contributed by atoms with E-state index in [2.05, 4.69) is 12.1 Å². The summed E-state index contributed by atoms with van der Waals surface area (Å²) in [6, 6.07) is 17.8. The molecule has 1 amide bonds. The second-order valence-electron chi connectivity index (χ2n) is 5.15. The Morgan fingerprint density at radius 3 is 2.48 bits per heavy atom. The summed E-state index contributed by atoms with van der Waals surface area (Å²) in [6.45, 7) is 0.749. The van der Waals surface area contributed by atoms with Crippen molar-refractivity contribution in [2.24, 2.45) is 0 Å². The van der Waals surface area contributed by atoms with Gasteiger partial charge in [0, 0.05) is 25.0 Å². The SMILES string of the molecule is CN(CCCc1ccccc1)C(=O)c1cccc(CCl)c1. The number of carbonyl (C=O) groups excluding carboxylic acids is 1. The zero-order valence-corrected chi connectivity index (χ0v) is 13.0. The molecule has 0 radical (unpaired) electrons. The summed E-state index contributed by atoms with van der Waals surface area (Å²) in [5.74, 6) is 0.480. The normalized spacial score (nSPS) is 10.4. The predicted molar refractivity (Wildman–Crippen MR) is 87.7 cm³/mol. The molecule has 2 rings (SSSR count). The minimum Gasteiger partial charge on any atom is -0.342 e. The Morgan fingerprint density at radius 2 is 1.76 bits per heavy atom. The first-order valence-electron chi connectivity index (χ1n) is 7.15. The fourth-order valence-electron chi connectivity index (χ4n) is 2.27. The first-order chi connectivity index (χ1) is 10.2.